The number of nitrogens with one attached hydrogen (secondary N) is 2. The van der Waals surface area contributed by atoms with E-state index in [9.17, 15) is 24.3 Å². The number of carboxylic acid groups (broad SMARTS) is 1. The van der Waals surface area contributed by atoms with Crippen LogP contribution in [0, 0.1) is 12.8 Å². The summed E-state index contributed by atoms with van der Waals surface area (Å²) in [7, 11) is 0. The Balaban J connectivity index is 0.000000488. The zero-order valence-corrected chi connectivity index (χ0v) is 30.3. The molecule has 0 radical (unpaired) electrons. The normalized spacial score (nSPS) is 16.4. The number of aromatic carboxylic acids is 1. The second kappa shape index (κ2) is 15.6. The van der Waals surface area contributed by atoms with Crippen LogP contribution >= 0.6 is 11.6 Å². The lowest BCUT2D eigenvalue weighted by atomic mass is 9.85. The Morgan fingerprint density at radius 3 is 2.35 bits per heavy atom. The fraction of sp³-hybridized carbons (Fsp3) is 0.421. The minimum absolute atomic E-state index is 0.0384. The molecule has 2 aliphatic carbocycles. The number of nitrogens with two attached hydrogens (primary N) is 1. The van der Waals surface area contributed by atoms with Crippen LogP contribution in [-0.2, 0) is 11.2 Å². The molecule has 0 saturated heterocycles. The molecule has 12 nitrogen and oxygen atoms in total. The smallest absolute Gasteiger partial charge is 0.354 e. The van der Waals surface area contributed by atoms with E-state index in [2.05, 4.69) is 27.6 Å². The molecule has 2 aromatic carbocycles. The number of benzene rings is 2. The molecule has 1 saturated carbocycles. The number of hydrogen-bond acceptors (Lipinski definition) is 8. The SMILES string of the molecule is C[C@@H](N)C1CCCCC1.Cc1c(C(=O)OC(C)(C)C)ccc2c1CC[C@@H]2NC(=O)c1cc(C(=O)O)nc2c(C(=O)Nc3ccccc3Cl)cnn12. The zero-order valence-electron chi connectivity index (χ0n) is 29.6. The second-order valence-electron chi connectivity index (χ2n) is 14.2. The maximum Gasteiger partial charge on any atom is 0.354 e. The number of rotatable bonds is 7. The molecular weight excluding hydrogens is 672 g/mol. The third-order valence-electron chi connectivity index (χ3n) is 9.30. The number of esters is 1. The van der Waals surface area contributed by atoms with Gasteiger partial charge in [-0.1, -0.05) is 49.1 Å². The van der Waals surface area contributed by atoms with Crippen molar-refractivity contribution >= 4 is 46.7 Å². The summed E-state index contributed by atoms with van der Waals surface area (Å²) < 4.78 is 6.67. The quantitative estimate of drug-likeness (QED) is 0.148. The molecule has 0 aliphatic heterocycles. The highest BCUT2D eigenvalue weighted by Crippen LogP contribution is 2.35. The van der Waals surface area contributed by atoms with Gasteiger partial charge in [0, 0.05) is 12.1 Å². The van der Waals surface area contributed by atoms with Crippen molar-refractivity contribution in [1.29, 1.82) is 0 Å². The Hall–Kier alpha value is -4.81. The number of aromatic nitrogens is 3. The van der Waals surface area contributed by atoms with Crippen LogP contribution in [0.3, 0.4) is 0 Å². The number of carbonyl (C=O) groups is 4. The second-order valence-corrected chi connectivity index (χ2v) is 14.6. The Labute approximate surface area is 302 Å². The zero-order chi connectivity index (χ0) is 37.0. The maximum atomic E-state index is 13.5. The van der Waals surface area contributed by atoms with Crippen LogP contribution in [0.2, 0.25) is 5.02 Å². The molecular formula is C38H45ClN6O6. The highest BCUT2D eigenvalue weighted by Gasteiger charge is 2.30. The number of carboxylic acids is 1. The summed E-state index contributed by atoms with van der Waals surface area (Å²) in [5, 5.41) is 19.8. The maximum absolute atomic E-state index is 13.5. The number of halogens is 1. The number of carbonyl (C=O) groups excluding carboxylic acids is 3. The van der Waals surface area contributed by atoms with Crippen LogP contribution < -0.4 is 16.4 Å². The van der Waals surface area contributed by atoms with Crippen molar-refractivity contribution in [1.82, 2.24) is 19.9 Å². The topological polar surface area (TPSA) is 178 Å². The van der Waals surface area contributed by atoms with Crippen molar-refractivity contribution in [2.24, 2.45) is 11.7 Å². The van der Waals surface area contributed by atoms with Crippen molar-refractivity contribution in [3.05, 3.63) is 92.9 Å². The lowest BCUT2D eigenvalue weighted by molar-refractivity contribution is 0.00681. The number of hydrogen-bond donors (Lipinski definition) is 4. The number of para-hydroxylation sites is 1. The van der Waals surface area contributed by atoms with Crippen LogP contribution in [0.5, 0.6) is 0 Å². The fourth-order valence-corrected chi connectivity index (χ4v) is 6.81. The first-order valence-electron chi connectivity index (χ1n) is 17.2. The van der Waals surface area contributed by atoms with Gasteiger partial charge in [-0.3, -0.25) is 9.59 Å². The predicted octanol–water partition coefficient (Wildman–Crippen LogP) is 6.93. The first kappa shape index (κ1) is 37.4. The molecule has 5 N–H and O–H groups in total. The lowest BCUT2D eigenvalue weighted by Crippen LogP contribution is -2.30. The number of nitrogens with zero attached hydrogens (tertiary/aromatic N) is 3. The minimum Gasteiger partial charge on any atom is -0.477 e. The average Bonchev–Trinajstić information content (AvgIpc) is 3.70. The van der Waals surface area contributed by atoms with Gasteiger partial charge in [-0.25, -0.2) is 19.1 Å². The molecule has 0 spiro atoms. The third-order valence-corrected chi connectivity index (χ3v) is 9.63. The number of fused-ring (bicyclic) bond motifs is 2. The van der Waals surface area contributed by atoms with E-state index >= 15 is 0 Å². The minimum atomic E-state index is -1.37. The van der Waals surface area contributed by atoms with E-state index in [0.717, 1.165) is 33.2 Å². The van der Waals surface area contributed by atoms with E-state index < -0.39 is 41.1 Å². The molecule has 13 heteroatoms. The largest absolute Gasteiger partial charge is 0.477 e. The van der Waals surface area contributed by atoms with Crippen LogP contribution in [0.1, 0.15) is 131 Å². The highest BCUT2D eigenvalue weighted by atomic mass is 35.5. The van der Waals surface area contributed by atoms with Gasteiger partial charge in [0.15, 0.2) is 11.3 Å². The molecule has 270 valence electrons. The number of ether oxygens (including phenoxy) is 1. The van der Waals surface area contributed by atoms with Gasteiger partial charge in [0.25, 0.3) is 11.8 Å². The van der Waals surface area contributed by atoms with Crippen molar-refractivity contribution < 1.29 is 29.0 Å². The first-order chi connectivity index (χ1) is 24.1. The molecule has 0 bridgehead atoms. The van der Waals surface area contributed by atoms with E-state index in [-0.39, 0.29) is 16.9 Å². The summed E-state index contributed by atoms with van der Waals surface area (Å²) in [6.07, 6.45) is 9.41. The Bertz CT molecular complexity index is 1960. The van der Waals surface area contributed by atoms with Gasteiger partial charge < -0.3 is 26.2 Å². The van der Waals surface area contributed by atoms with Crippen LogP contribution in [0.4, 0.5) is 5.69 Å². The van der Waals surface area contributed by atoms with E-state index in [1.54, 1.807) is 57.2 Å². The number of anilines is 1. The summed E-state index contributed by atoms with van der Waals surface area (Å²) >= 11 is 6.15. The molecule has 2 amide bonds. The molecule has 0 unspecified atom stereocenters. The van der Waals surface area contributed by atoms with Crippen molar-refractivity contribution in [3.8, 4) is 0 Å². The standard InChI is InChI=1S/C30H28ClN5O6.C8H17N/c1-15-16-11-12-21(18(16)10-9-17(15)29(41)42-30(2,3)4)34-27(38)24-13-23(28(39)40)33-25-19(14-32-36(24)25)26(37)35-22-8-6-5-7-20(22)31;1-7(9)8-5-3-2-4-6-8/h5-10,13-14,21H,11-12H2,1-4H3,(H,34,38)(H,35,37)(H,39,40);7-8H,2-6,9H2,1H3/t21-;7-/m01/s1. The molecule has 6 rings (SSSR count). The predicted molar refractivity (Wildman–Crippen MR) is 194 cm³/mol. The van der Waals surface area contributed by atoms with Crippen molar-refractivity contribution in [3.63, 3.8) is 0 Å². The van der Waals surface area contributed by atoms with Gasteiger partial charge in [-0.2, -0.15) is 5.10 Å². The van der Waals surface area contributed by atoms with E-state index in [0.29, 0.717) is 35.2 Å². The van der Waals surface area contributed by atoms with Gasteiger partial charge in [0.05, 0.1) is 28.5 Å². The Morgan fingerprint density at radius 2 is 1.73 bits per heavy atom. The van der Waals surface area contributed by atoms with Gasteiger partial charge in [0.2, 0.25) is 0 Å². The van der Waals surface area contributed by atoms with E-state index in [1.807, 2.05) is 6.92 Å². The van der Waals surface area contributed by atoms with Crippen LogP contribution in [-0.4, -0.2) is 55.1 Å². The molecule has 1 fully saturated rings. The number of amides is 2. The molecule has 2 atom stereocenters. The van der Waals surface area contributed by atoms with Crippen molar-refractivity contribution in [2.75, 3.05) is 5.32 Å². The average molecular weight is 717 g/mol. The van der Waals surface area contributed by atoms with Crippen LogP contribution in [0.15, 0.2) is 48.7 Å². The Kier molecular flexibility index (Phi) is 11.5. The van der Waals surface area contributed by atoms with Crippen molar-refractivity contribution in [2.45, 2.75) is 97.2 Å². The highest BCUT2D eigenvalue weighted by molar-refractivity contribution is 6.34. The molecule has 2 aliphatic rings. The summed E-state index contributed by atoms with van der Waals surface area (Å²) in [6, 6.07) is 11.3. The molecule has 51 heavy (non-hydrogen) atoms. The van der Waals surface area contributed by atoms with E-state index in [4.69, 9.17) is 22.1 Å². The lowest BCUT2D eigenvalue weighted by Gasteiger charge is -2.24. The summed E-state index contributed by atoms with van der Waals surface area (Å²) in [5.74, 6) is -2.18. The molecule has 2 heterocycles. The summed E-state index contributed by atoms with van der Waals surface area (Å²) in [6.45, 7) is 9.40. The van der Waals surface area contributed by atoms with Crippen LogP contribution in [0.25, 0.3) is 5.65 Å². The van der Waals surface area contributed by atoms with Gasteiger partial charge in [-0.15, -0.1) is 0 Å². The van der Waals surface area contributed by atoms with Gasteiger partial charge >= 0.3 is 11.9 Å². The summed E-state index contributed by atoms with van der Waals surface area (Å²) in [5.41, 5.74) is 7.88. The monoisotopic (exact) mass is 716 g/mol. The molecule has 2 aromatic heterocycles. The summed E-state index contributed by atoms with van der Waals surface area (Å²) in [4.78, 5) is 55.3. The molecule has 4 aromatic rings. The fourth-order valence-electron chi connectivity index (χ4n) is 6.62. The first-order valence-corrected chi connectivity index (χ1v) is 17.6. The van der Waals surface area contributed by atoms with Gasteiger partial charge in [-0.05, 0) is 101 Å². The third kappa shape index (κ3) is 8.74. The van der Waals surface area contributed by atoms with E-state index in [1.165, 1.54) is 38.3 Å². The van der Waals surface area contributed by atoms with Gasteiger partial charge in [0.1, 0.15) is 16.9 Å². The Morgan fingerprint density at radius 1 is 1.02 bits per heavy atom.